The van der Waals surface area contributed by atoms with Gasteiger partial charge in [-0.05, 0) is 37.4 Å². The minimum absolute atomic E-state index is 0.0389. The zero-order chi connectivity index (χ0) is 24.3. The van der Waals surface area contributed by atoms with Crippen LogP contribution < -0.4 is 4.74 Å². The molecule has 176 valence electrons. The van der Waals surface area contributed by atoms with Gasteiger partial charge in [0, 0.05) is 10.3 Å². The van der Waals surface area contributed by atoms with Crippen LogP contribution in [0.15, 0.2) is 24.3 Å². The van der Waals surface area contributed by atoms with Crippen LogP contribution in [-0.2, 0) is 19.0 Å². The number of hydrogen-bond acceptors (Lipinski definition) is 6. The number of halogens is 6. The topological polar surface area (TPSA) is 61.8 Å². The standard InChI is InChI=1S/C20H13F6O5PS/c1-3-29-32(28)20(26,8(2)31-32)10-4-5-11-9(6-10)7-12(33-11)19(27)30-18-16(24)14(22)13(21)15(23)17(18)25/h4-8H,3H2,1-2H3. The number of hydrogen-bond donors (Lipinski definition) is 0. The summed E-state index contributed by atoms with van der Waals surface area (Å²) in [5, 5.41) is -2.16. The number of rotatable bonds is 5. The average molecular weight is 510 g/mol. The van der Waals surface area contributed by atoms with E-state index in [1.807, 2.05) is 0 Å². The first-order valence-electron chi connectivity index (χ1n) is 9.34. The zero-order valence-electron chi connectivity index (χ0n) is 16.8. The zero-order valence-corrected chi connectivity index (χ0v) is 18.5. The smallest absolute Gasteiger partial charge is 0.375 e. The maximum absolute atomic E-state index is 15.7. The van der Waals surface area contributed by atoms with E-state index in [-0.39, 0.29) is 22.4 Å². The lowest BCUT2D eigenvalue weighted by atomic mass is 10.0. The van der Waals surface area contributed by atoms with Crippen molar-refractivity contribution in [2.75, 3.05) is 6.61 Å². The second-order valence-corrected chi connectivity index (χ2v) is 10.2. The molecule has 1 aromatic heterocycles. The summed E-state index contributed by atoms with van der Waals surface area (Å²) in [4.78, 5) is 12.1. The number of thiophene rings is 1. The van der Waals surface area contributed by atoms with E-state index in [0.29, 0.717) is 4.70 Å². The molecule has 0 amide bonds. The Hall–Kier alpha value is -2.40. The average Bonchev–Trinajstić information content (AvgIpc) is 3.22. The van der Waals surface area contributed by atoms with Gasteiger partial charge in [-0.25, -0.2) is 22.4 Å². The number of carbonyl (C=O) groups is 1. The van der Waals surface area contributed by atoms with Crippen molar-refractivity contribution < 1.29 is 49.5 Å². The maximum Gasteiger partial charge on any atom is 0.375 e. The minimum atomic E-state index is -4.09. The van der Waals surface area contributed by atoms with Crippen LogP contribution in [0.3, 0.4) is 0 Å². The Balaban J connectivity index is 1.68. The summed E-state index contributed by atoms with van der Waals surface area (Å²) in [5.41, 5.74) is -0.0389. The first-order chi connectivity index (χ1) is 15.4. The molecule has 0 N–H and O–H groups in total. The SMILES string of the molecule is CCOP1(=O)OC(C)C1(F)c1ccc2sc(C(=O)Oc3c(F)c(F)c(F)c(F)c3F)cc2c1. The molecule has 13 heteroatoms. The summed E-state index contributed by atoms with van der Waals surface area (Å²) in [5.74, 6) is -14.6. The molecule has 5 nitrogen and oxygen atoms in total. The Morgan fingerprint density at radius 2 is 1.70 bits per heavy atom. The van der Waals surface area contributed by atoms with Gasteiger partial charge >= 0.3 is 13.6 Å². The van der Waals surface area contributed by atoms with Crippen LogP contribution in [0.4, 0.5) is 26.3 Å². The number of fused-ring (bicyclic) bond motifs is 1. The van der Waals surface area contributed by atoms with Crippen LogP contribution in [0, 0.1) is 29.1 Å². The van der Waals surface area contributed by atoms with E-state index < -0.39 is 59.9 Å². The Morgan fingerprint density at radius 1 is 1.09 bits per heavy atom. The van der Waals surface area contributed by atoms with Crippen molar-refractivity contribution in [2.45, 2.75) is 25.4 Å². The van der Waals surface area contributed by atoms with E-state index >= 15 is 4.39 Å². The summed E-state index contributed by atoms with van der Waals surface area (Å²) in [7, 11) is -4.09. The first kappa shape index (κ1) is 23.7. The van der Waals surface area contributed by atoms with Crippen LogP contribution in [0.25, 0.3) is 10.1 Å². The van der Waals surface area contributed by atoms with Crippen molar-refractivity contribution >= 4 is 35.0 Å². The predicted octanol–water partition coefficient (Wildman–Crippen LogP) is 6.59. The van der Waals surface area contributed by atoms with Crippen molar-refractivity contribution in [3.63, 3.8) is 0 Å². The third-order valence-corrected chi connectivity index (χ3v) is 8.73. The van der Waals surface area contributed by atoms with Crippen LogP contribution in [-0.4, -0.2) is 18.7 Å². The highest BCUT2D eigenvalue weighted by Crippen LogP contribution is 2.77. The molecule has 0 bridgehead atoms. The maximum atomic E-state index is 15.7. The highest BCUT2D eigenvalue weighted by atomic mass is 32.1. The second kappa shape index (κ2) is 8.12. The largest absolute Gasteiger partial charge is 0.416 e. The molecule has 3 aromatic rings. The summed E-state index contributed by atoms with van der Waals surface area (Å²) in [6.07, 6.45) is -1.08. The number of alkyl halides is 1. The monoisotopic (exact) mass is 510 g/mol. The lowest BCUT2D eigenvalue weighted by Gasteiger charge is -2.46. The molecule has 33 heavy (non-hydrogen) atoms. The molecule has 0 saturated carbocycles. The van der Waals surface area contributed by atoms with E-state index in [2.05, 4.69) is 4.74 Å². The van der Waals surface area contributed by atoms with E-state index in [0.717, 1.165) is 11.3 Å². The fraction of sp³-hybridized carbons (Fsp3) is 0.250. The molecule has 1 saturated heterocycles. The van der Waals surface area contributed by atoms with E-state index in [4.69, 9.17) is 9.05 Å². The van der Waals surface area contributed by atoms with Crippen molar-refractivity contribution in [1.82, 2.24) is 0 Å². The van der Waals surface area contributed by atoms with Gasteiger partial charge in [0.1, 0.15) is 11.0 Å². The van der Waals surface area contributed by atoms with Crippen molar-refractivity contribution in [1.29, 1.82) is 0 Å². The van der Waals surface area contributed by atoms with Crippen molar-refractivity contribution in [3.05, 3.63) is 63.8 Å². The van der Waals surface area contributed by atoms with Gasteiger partial charge in [0.25, 0.3) is 5.41 Å². The Bertz CT molecular complexity index is 1310. The van der Waals surface area contributed by atoms with E-state index in [1.54, 1.807) is 0 Å². The molecule has 1 aliphatic heterocycles. The third kappa shape index (κ3) is 3.47. The van der Waals surface area contributed by atoms with Gasteiger partial charge in [0.05, 0.1) is 6.61 Å². The third-order valence-electron chi connectivity index (χ3n) is 5.02. The Labute approximate surface area is 186 Å². The molecule has 1 fully saturated rings. The van der Waals surface area contributed by atoms with E-state index in [1.165, 1.54) is 38.1 Å². The fourth-order valence-electron chi connectivity index (χ4n) is 3.39. The quantitative estimate of drug-likeness (QED) is 0.0969. The Morgan fingerprint density at radius 3 is 2.27 bits per heavy atom. The minimum Gasteiger partial charge on any atom is -0.416 e. The number of ether oxygens (including phenoxy) is 1. The first-order valence-corrected chi connectivity index (χ1v) is 11.7. The second-order valence-electron chi connectivity index (χ2n) is 6.99. The molecular formula is C20H13F6O5PS. The van der Waals surface area contributed by atoms with Crippen LogP contribution >= 0.6 is 18.9 Å². The molecule has 2 heterocycles. The van der Waals surface area contributed by atoms with Gasteiger partial charge in [-0.1, -0.05) is 6.07 Å². The predicted molar refractivity (Wildman–Crippen MR) is 106 cm³/mol. The summed E-state index contributed by atoms with van der Waals surface area (Å²) >= 11 is 0.769. The summed E-state index contributed by atoms with van der Waals surface area (Å²) in [6.45, 7) is 2.85. The molecule has 0 spiro atoms. The number of esters is 1. The summed E-state index contributed by atoms with van der Waals surface area (Å²) in [6, 6.07) is 5.21. The lowest BCUT2D eigenvalue weighted by molar-refractivity contribution is -0.0364. The molecule has 0 aliphatic carbocycles. The molecule has 1 aliphatic rings. The van der Waals surface area contributed by atoms with Crippen LogP contribution in [0.1, 0.15) is 29.1 Å². The number of carbonyl (C=O) groups excluding carboxylic acids is 1. The fourth-order valence-corrected chi connectivity index (χ4v) is 6.41. The number of benzene rings is 2. The van der Waals surface area contributed by atoms with Gasteiger partial charge in [-0.3, -0.25) is 9.09 Å². The van der Waals surface area contributed by atoms with Gasteiger partial charge in [0.2, 0.25) is 34.8 Å². The normalized spacial score (nSPS) is 24.7. The van der Waals surface area contributed by atoms with Gasteiger partial charge in [-0.15, -0.1) is 11.3 Å². The van der Waals surface area contributed by atoms with Gasteiger partial charge < -0.3 is 9.26 Å². The molecular weight excluding hydrogens is 497 g/mol. The van der Waals surface area contributed by atoms with Gasteiger partial charge in [0.15, 0.2) is 0 Å². The Kier molecular flexibility index (Phi) is 5.84. The summed E-state index contributed by atoms with van der Waals surface area (Å²) < 4.78 is 111. The molecule has 0 radical (unpaired) electrons. The van der Waals surface area contributed by atoms with E-state index in [9.17, 15) is 31.3 Å². The highest BCUT2D eigenvalue weighted by Gasteiger charge is 2.68. The molecule has 3 unspecified atom stereocenters. The molecule has 4 rings (SSSR count). The van der Waals surface area contributed by atoms with Gasteiger partial charge in [-0.2, -0.15) is 8.78 Å². The lowest BCUT2D eigenvalue weighted by Crippen LogP contribution is -2.45. The van der Waals surface area contributed by atoms with Crippen molar-refractivity contribution in [2.24, 2.45) is 0 Å². The van der Waals surface area contributed by atoms with Crippen LogP contribution in [0.2, 0.25) is 0 Å². The van der Waals surface area contributed by atoms with Crippen molar-refractivity contribution in [3.8, 4) is 5.75 Å². The van der Waals surface area contributed by atoms with Crippen LogP contribution in [0.5, 0.6) is 5.75 Å². The highest BCUT2D eigenvalue weighted by molar-refractivity contribution is 7.56. The molecule has 3 atom stereocenters. The molecule has 2 aromatic carbocycles.